The third-order valence-electron chi connectivity index (χ3n) is 3.84. The van der Waals surface area contributed by atoms with Crippen LogP contribution in [-0.4, -0.2) is 34.5 Å². The molecule has 0 aliphatic carbocycles. The summed E-state index contributed by atoms with van der Waals surface area (Å²) in [5, 5.41) is 16.0. The van der Waals surface area contributed by atoms with Crippen LogP contribution < -0.4 is 14.8 Å². The standard InChI is InChI=1S/C18H18N4O4S/c1-10(2)7-16-20-21-18(27-16)19-17(23)12-9-14(26-22-12)11-3-4-13-15(8-11)25-6-5-24-13/h3-4,8-10H,5-7H2,1-2H3,(H,19,21,23). The van der Waals surface area contributed by atoms with Crippen LogP contribution in [0.4, 0.5) is 5.13 Å². The maximum atomic E-state index is 12.4. The van der Waals surface area contributed by atoms with E-state index in [9.17, 15) is 4.79 Å². The quantitative estimate of drug-likeness (QED) is 0.717. The van der Waals surface area contributed by atoms with Gasteiger partial charge >= 0.3 is 0 Å². The molecule has 0 spiro atoms. The molecule has 0 unspecified atom stereocenters. The fourth-order valence-corrected chi connectivity index (χ4v) is 3.56. The molecule has 3 aromatic rings. The van der Waals surface area contributed by atoms with Gasteiger partial charge in [0.25, 0.3) is 5.91 Å². The van der Waals surface area contributed by atoms with Gasteiger partial charge in [-0.05, 0) is 24.1 Å². The van der Waals surface area contributed by atoms with Crippen LogP contribution in [0.5, 0.6) is 11.5 Å². The zero-order valence-corrected chi connectivity index (χ0v) is 15.7. The molecule has 2 aromatic heterocycles. The second-order valence-electron chi connectivity index (χ2n) is 6.49. The SMILES string of the molecule is CC(C)Cc1nnc(NC(=O)c2cc(-c3ccc4c(c3)OCCO4)on2)s1. The molecule has 1 amide bonds. The van der Waals surface area contributed by atoms with Crippen molar-refractivity contribution in [3.05, 3.63) is 35.0 Å². The average Bonchev–Trinajstić information content (AvgIpc) is 3.30. The number of ether oxygens (including phenoxy) is 2. The van der Waals surface area contributed by atoms with Crippen LogP contribution in [0, 0.1) is 5.92 Å². The largest absolute Gasteiger partial charge is 0.486 e. The van der Waals surface area contributed by atoms with Crippen LogP contribution in [0.2, 0.25) is 0 Å². The highest BCUT2D eigenvalue weighted by molar-refractivity contribution is 7.15. The minimum atomic E-state index is -0.394. The van der Waals surface area contributed by atoms with Gasteiger partial charge in [-0.3, -0.25) is 10.1 Å². The van der Waals surface area contributed by atoms with Gasteiger partial charge in [0.1, 0.15) is 18.2 Å². The zero-order chi connectivity index (χ0) is 18.8. The highest BCUT2D eigenvalue weighted by Crippen LogP contribution is 2.34. The molecule has 1 aliphatic rings. The molecule has 1 aliphatic heterocycles. The lowest BCUT2D eigenvalue weighted by Crippen LogP contribution is -2.15. The Morgan fingerprint density at radius 3 is 2.81 bits per heavy atom. The topological polar surface area (TPSA) is 99.4 Å². The number of fused-ring (bicyclic) bond motifs is 1. The monoisotopic (exact) mass is 386 g/mol. The number of benzene rings is 1. The summed E-state index contributed by atoms with van der Waals surface area (Å²) in [4.78, 5) is 12.4. The minimum Gasteiger partial charge on any atom is -0.486 e. The molecule has 4 rings (SSSR count). The third-order valence-corrected chi connectivity index (χ3v) is 4.70. The number of rotatable bonds is 5. The first-order chi connectivity index (χ1) is 13.1. The van der Waals surface area contributed by atoms with Gasteiger partial charge in [-0.15, -0.1) is 10.2 Å². The molecule has 3 heterocycles. The third kappa shape index (κ3) is 3.92. The van der Waals surface area contributed by atoms with Crippen LogP contribution in [0.1, 0.15) is 29.3 Å². The fraction of sp³-hybridized carbons (Fsp3) is 0.333. The van der Waals surface area contributed by atoms with Crippen LogP contribution in [0.25, 0.3) is 11.3 Å². The Labute approximate surface area is 159 Å². The highest BCUT2D eigenvalue weighted by Gasteiger charge is 2.18. The average molecular weight is 386 g/mol. The Bertz CT molecular complexity index is 966. The summed E-state index contributed by atoms with van der Waals surface area (Å²) in [6, 6.07) is 7.03. The normalized spacial score (nSPS) is 13.0. The van der Waals surface area contributed by atoms with E-state index in [4.69, 9.17) is 14.0 Å². The Morgan fingerprint density at radius 2 is 2.00 bits per heavy atom. The van der Waals surface area contributed by atoms with E-state index in [1.54, 1.807) is 12.1 Å². The van der Waals surface area contributed by atoms with E-state index >= 15 is 0 Å². The Balaban J connectivity index is 1.47. The summed E-state index contributed by atoms with van der Waals surface area (Å²) >= 11 is 1.36. The Morgan fingerprint density at radius 1 is 1.19 bits per heavy atom. The lowest BCUT2D eigenvalue weighted by molar-refractivity contribution is 0.101. The summed E-state index contributed by atoms with van der Waals surface area (Å²) < 4.78 is 16.4. The molecule has 0 bridgehead atoms. The van der Waals surface area contributed by atoms with Crippen LogP contribution >= 0.6 is 11.3 Å². The van der Waals surface area contributed by atoms with Crippen molar-refractivity contribution >= 4 is 22.4 Å². The Hall–Kier alpha value is -2.94. The molecule has 1 N–H and O–H groups in total. The van der Waals surface area contributed by atoms with E-state index in [0.29, 0.717) is 41.5 Å². The van der Waals surface area contributed by atoms with Crippen molar-refractivity contribution in [2.45, 2.75) is 20.3 Å². The highest BCUT2D eigenvalue weighted by atomic mass is 32.1. The smallest absolute Gasteiger partial charge is 0.279 e. The van der Waals surface area contributed by atoms with Gasteiger partial charge in [-0.1, -0.05) is 30.3 Å². The predicted molar refractivity (Wildman–Crippen MR) is 99.3 cm³/mol. The molecular weight excluding hydrogens is 368 g/mol. The lowest BCUT2D eigenvalue weighted by atomic mass is 10.1. The number of hydrogen-bond donors (Lipinski definition) is 1. The number of carbonyl (C=O) groups excluding carboxylic acids is 1. The summed E-state index contributed by atoms with van der Waals surface area (Å²) in [7, 11) is 0. The van der Waals surface area contributed by atoms with Crippen molar-refractivity contribution in [2.24, 2.45) is 5.92 Å². The van der Waals surface area contributed by atoms with E-state index in [-0.39, 0.29) is 5.69 Å². The lowest BCUT2D eigenvalue weighted by Gasteiger charge is -2.18. The van der Waals surface area contributed by atoms with Crippen molar-refractivity contribution < 1.29 is 18.8 Å². The summed E-state index contributed by atoms with van der Waals surface area (Å²) in [5.41, 5.74) is 0.918. The number of anilines is 1. The van der Waals surface area contributed by atoms with Crippen molar-refractivity contribution in [3.63, 3.8) is 0 Å². The first-order valence-electron chi connectivity index (χ1n) is 8.59. The van der Waals surface area contributed by atoms with Gasteiger partial charge < -0.3 is 14.0 Å². The van der Waals surface area contributed by atoms with Crippen LogP contribution in [0.3, 0.4) is 0 Å². The summed E-state index contributed by atoms with van der Waals surface area (Å²) in [6.45, 7) is 5.24. The number of aromatic nitrogens is 3. The van der Waals surface area contributed by atoms with Gasteiger partial charge in [-0.25, -0.2) is 0 Å². The summed E-state index contributed by atoms with van der Waals surface area (Å²) in [6.07, 6.45) is 0.825. The summed E-state index contributed by atoms with van der Waals surface area (Å²) in [5.74, 6) is 1.89. The molecule has 0 fully saturated rings. The van der Waals surface area contributed by atoms with Gasteiger partial charge in [0.05, 0.1) is 0 Å². The number of hydrogen-bond acceptors (Lipinski definition) is 8. The van der Waals surface area contributed by atoms with Gasteiger partial charge in [0.15, 0.2) is 23.0 Å². The van der Waals surface area contributed by atoms with E-state index in [2.05, 4.69) is 34.5 Å². The molecule has 0 saturated heterocycles. The maximum Gasteiger partial charge on any atom is 0.279 e. The number of nitrogens with zero attached hydrogens (tertiary/aromatic N) is 3. The molecule has 1 aromatic carbocycles. The molecule has 0 atom stereocenters. The van der Waals surface area contributed by atoms with E-state index in [0.717, 1.165) is 17.0 Å². The molecule has 27 heavy (non-hydrogen) atoms. The molecule has 140 valence electrons. The van der Waals surface area contributed by atoms with Crippen LogP contribution in [0.15, 0.2) is 28.8 Å². The van der Waals surface area contributed by atoms with E-state index < -0.39 is 5.91 Å². The minimum absolute atomic E-state index is 0.167. The van der Waals surface area contributed by atoms with Crippen molar-refractivity contribution in [3.8, 4) is 22.8 Å². The number of nitrogens with one attached hydrogen (secondary N) is 1. The van der Waals surface area contributed by atoms with Gasteiger partial charge in [0, 0.05) is 18.1 Å². The second kappa shape index (κ2) is 7.36. The number of amides is 1. The second-order valence-corrected chi connectivity index (χ2v) is 7.55. The van der Waals surface area contributed by atoms with Crippen molar-refractivity contribution in [1.29, 1.82) is 0 Å². The predicted octanol–water partition coefficient (Wildman–Crippen LogP) is 3.42. The molecular formula is C18H18N4O4S. The first-order valence-corrected chi connectivity index (χ1v) is 9.40. The molecule has 9 heteroatoms. The maximum absolute atomic E-state index is 12.4. The molecule has 0 saturated carbocycles. The van der Waals surface area contributed by atoms with Gasteiger partial charge in [-0.2, -0.15) is 0 Å². The van der Waals surface area contributed by atoms with Crippen molar-refractivity contribution in [1.82, 2.24) is 15.4 Å². The first kappa shape index (κ1) is 17.5. The Kier molecular flexibility index (Phi) is 4.76. The molecule has 0 radical (unpaired) electrons. The van der Waals surface area contributed by atoms with E-state index in [1.165, 1.54) is 11.3 Å². The zero-order valence-electron chi connectivity index (χ0n) is 14.9. The fourth-order valence-electron chi connectivity index (χ4n) is 2.61. The number of carbonyl (C=O) groups is 1. The van der Waals surface area contributed by atoms with Crippen molar-refractivity contribution in [2.75, 3.05) is 18.5 Å². The van der Waals surface area contributed by atoms with Gasteiger partial charge in [0.2, 0.25) is 5.13 Å². The molecule has 8 nitrogen and oxygen atoms in total. The van der Waals surface area contributed by atoms with E-state index in [1.807, 2.05) is 12.1 Å². The van der Waals surface area contributed by atoms with Crippen LogP contribution in [-0.2, 0) is 6.42 Å².